The third kappa shape index (κ3) is 4.94. The molecule has 2 rings (SSSR count). The normalized spacial score (nSPS) is 12.2. The van der Waals surface area contributed by atoms with Crippen LogP contribution >= 0.6 is 0 Å². The third-order valence-electron chi connectivity index (χ3n) is 4.41. The number of amides is 1. The van der Waals surface area contributed by atoms with Crippen LogP contribution in [0.15, 0.2) is 30.3 Å². The lowest BCUT2D eigenvalue weighted by Gasteiger charge is -2.14. The molecule has 0 spiro atoms. The Balaban J connectivity index is 2.02. The average Bonchev–Trinajstić information content (AvgIpc) is 2.82. The van der Waals surface area contributed by atoms with E-state index in [1.165, 1.54) is 0 Å². The number of nitrogens with one attached hydrogen (secondary N) is 1. The summed E-state index contributed by atoms with van der Waals surface area (Å²) < 4.78 is 1.94. The van der Waals surface area contributed by atoms with E-state index in [1.54, 1.807) is 24.3 Å². The molecule has 1 amide bonds. The molecular weight excluding hydrogens is 330 g/mol. The first-order chi connectivity index (χ1) is 12.3. The van der Waals surface area contributed by atoms with Crippen LogP contribution in [0.2, 0.25) is 0 Å². The van der Waals surface area contributed by atoms with Gasteiger partial charge in [-0.2, -0.15) is 5.10 Å². The van der Waals surface area contributed by atoms with Crippen molar-refractivity contribution in [2.24, 2.45) is 5.92 Å². The molecule has 1 heterocycles. The fraction of sp³-hybridized carbons (Fsp3) is 0.450. The molecule has 6 heteroatoms. The van der Waals surface area contributed by atoms with E-state index >= 15 is 0 Å². The second-order valence-electron chi connectivity index (χ2n) is 7.01. The van der Waals surface area contributed by atoms with Crippen LogP contribution in [0.3, 0.4) is 0 Å². The van der Waals surface area contributed by atoms with E-state index in [0.717, 1.165) is 23.5 Å². The molecule has 0 bridgehead atoms. The van der Waals surface area contributed by atoms with Gasteiger partial charge in [-0.25, -0.2) is 0 Å². The Hall–Kier alpha value is -2.63. The largest absolute Gasteiger partial charge is 0.481 e. The summed E-state index contributed by atoms with van der Waals surface area (Å²) in [5.41, 5.74) is 3.42. The predicted molar refractivity (Wildman–Crippen MR) is 100 cm³/mol. The number of carbonyl (C=O) groups excluding carboxylic acids is 1. The van der Waals surface area contributed by atoms with Crippen molar-refractivity contribution in [3.63, 3.8) is 0 Å². The van der Waals surface area contributed by atoms with Crippen molar-refractivity contribution in [1.29, 1.82) is 0 Å². The minimum atomic E-state index is -0.950. The fourth-order valence-electron chi connectivity index (χ4n) is 2.99. The highest BCUT2D eigenvalue weighted by atomic mass is 16.4. The highest BCUT2D eigenvalue weighted by molar-refractivity contribution is 5.81. The van der Waals surface area contributed by atoms with Crippen molar-refractivity contribution in [1.82, 2.24) is 15.1 Å². The fourth-order valence-corrected chi connectivity index (χ4v) is 2.99. The SMILES string of the molecule is Cc1nn(CC(C)C)c(C)c1CC(=O)NC[C@H](C(=O)O)c1ccccc1. The quantitative estimate of drug-likeness (QED) is 0.761. The molecule has 0 unspecified atom stereocenters. The van der Waals surface area contributed by atoms with Crippen LogP contribution in [-0.4, -0.2) is 33.3 Å². The molecular formula is C20H27N3O3. The third-order valence-corrected chi connectivity index (χ3v) is 4.41. The number of rotatable bonds is 8. The molecule has 0 aliphatic rings. The van der Waals surface area contributed by atoms with Gasteiger partial charge in [-0.05, 0) is 25.3 Å². The summed E-state index contributed by atoms with van der Waals surface area (Å²) in [6.07, 6.45) is 0.205. The van der Waals surface area contributed by atoms with E-state index in [9.17, 15) is 14.7 Å². The Morgan fingerprint density at radius 2 is 1.85 bits per heavy atom. The van der Waals surface area contributed by atoms with E-state index in [-0.39, 0.29) is 18.9 Å². The zero-order valence-corrected chi connectivity index (χ0v) is 15.8. The zero-order valence-electron chi connectivity index (χ0n) is 15.8. The topological polar surface area (TPSA) is 84.2 Å². The molecule has 0 aliphatic heterocycles. The number of benzene rings is 1. The number of carbonyl (C=O) groups is 2. The molecule has 26 heavy (non-hydrogen) atoms. The highest BCUT2D eigenvalue weighted by Gasteiger charge is 2.21. The van der Waals surface area contributed by atoms with Crippen LogP contribution in [-0.2, 0) is 22.6 Å². The summed E-state index contributed by atoms with van der Waals surface area (Å²) in [5, 5.41) is 16.7. The van der Waals surface area contributed by atoms with Crippen molar-refractivity contribution < 1.29 is 14.7 Å². The standard InChI is InChI=1S/C20H27N3O3/c1-13(2)12-23-15(4)17(14(3)22-23)10-19(24)21-11-18(20(25)26)16-8-6-5-7-9-16/h5-9,13,18H,10-12H2,1-4H3,(H,21,24)(H,25,26)/t18-/m0/s1. The lowest BCUT2D eigenvalue weighted by atomic mass is 9.99. The van der Waals surface area contributed by atoms with Gasteiger partial charge in [-0.15, -0.1) is 0 Å². The number of aromatic nitrogens is 2. The molecule has 1 aromatic carbocycles. The Morgan fingerprint density at radius 3 is 2.42 bits per heavy atom. The van der Waals surface area contributed by atoms with E-state index in [4.69, 9.17) is 0 Å². The Kier molecular flexibility index (Phi) is 6.55. The molecule has 6 nitrogen and oxygen atoms in total. The van der Waals surface area contributed by atoms with Gasteiger partial charge in [0.25, 0.3) is 0 Å². The maximum atomic E-state index is 12.4. The molecule has 0 fully saturated rings. The van der Waals surface area contributed by atoms with Crippen LogP contribution in [0.4, 0.5) is 0 Å². The maximum Gasteiger partial charge on any atom is 0.312 e. The van der Waals surface area contributed by atoms with Gasteiger partial charge in [0.15, 0.2) is 0 Å². The van der Waals surface area contributed by atoms with Gasteiger partial charge in [0.1, 0.15) is 0 Å². The summed E-state index contributed by atoms with van der Waals surface area (Å²) in [7, 11) is 0. The van der Waals surface area contributed by atoms with Crippen molar-refractivity contribution in [3.05, 3.63) is 52.8 Å². The number of hydrogen-bond acceptors (Lipinski definition) is 3. The van der Waals surface area contributed by atoms with Gasteiger partial charge in [-0.1, -0.05) is 44.2 Å². The van der Waals surface area contributed by atoms with Crippen molar-refractivity contribution in [2.75, 3.05) is 6.54 Å². The maximum absolute atomic E-state index is 12.4. The molecule has 1 aromatic heterocycles. The summed E-state index contributed by atoms with van der Waals surface area (Å²) in [6.45, 7) is 8.99. The Labute approximate surface area is 154 Å². The number of aryl methyl sites for hydroxylation is 1. The summed E-state index contributed by atoms with van der Waals surface area (Å²) in [5.74, 6) is -1.43. The summed E-state index contributed by atoms with van der Waals surface area (Å²) >= 11 is 0. The van der Waals surface area contributed by atoms with Gasteiger partial charge >= 0.3 is 5.97 Å². The van der Waals surface area contributed by atoms with Crippen LogP contribution < -0.4 is 5.32 Å². The van der Waals surface area contributed by atoms with Crippen LogP contribution in [0.1, 0.15) is 42.3 Å². The van der Waals surface area contributed by atoms with E-state index in [0.29, 0.717) is 11.5 Å². The molecule has 2 aromatic rings. The smallest absolute Gasteiger partial charge is 0.312 e. The van der Waals surface area contributed by atoms with Crippen molar-refractivity contribution >= 4 is 11.9 Å². The number of carboxylic acid groups (broad SMARTS) is 1. The van der Waals surface area contributed by atoms with Gasteiger partial charge in [0, 0.05) is 24.3 Å². The highest BCUT2D eigenvalue weighted by Crippen LogP contribution is 2.17. The average molecular weight is 357 g/mol. The van der Waals surface area contributed by atoms with Gasteiger partial charge in [-0.3, -0.25) is 14.3 Å². The number of nitrogens with zero attached hydrogens (tertiary/aromatic N) is 2. The molecule has 140 valence electrons. The van der Waals surface area contributed by atoms with Crippen LogP contribution in [0.5, 0.6) is 0 Å². The van der Waals surface area contributed by atoms with Gasteiger partial charge in [0.2, 0.25) is 5.91 Å². The predicted octanol–water partition coefficient (Wildman–Crippen LogP) is 2.68. The first-order valence-corrected chi connectivity index (χ1v) is 8.87. The van der Waals surface area contributed by atoms with E-state index < -0.39 is 11.9 Å². The lowest BCUT2D eigenvalue weighted by molar-refractivity contribution is -0.138. The number of carboxylic acids is 1. The Bertz CT molecular complexity index is 766. The van der Waals surface area contributed by atoms with Crippen LogP contribution in [0, 0.1) is 19.8 Å². The molecule has 2 N–H and O–H groups in total. The first kappa shape index (κ1) is 19.7. The molecule has 0 aliphatic carbocycles. The minimum absolute atomic E-state index is 0.0659. The Morgan fingerprint density at radius 1 is 1.19 bits per heavy atom. The zero-order chi connectivity index (χ0) is 19.3. The monoisotopic (exact) mass is 357 g/mol. The van der Waals surface area contributed by atoms with Crippen molar-refractivity contribution in [2.45, 2.75) is 46.6 Å². The van der Waals surface area contributed by atoms with Gasteiger partial charge in [0.05, 0.1) is 18.0 Å². The molecule has 0 saturated carbocycles. The van der Waals surface area contributed by atoms with E-state index in [2.05, 4.69) is 24.3 Å². The van der Waals surface area contributed by atoms with Gasteiger partial charge < -0.3 is 10.4 Å². The second-order valence-corrected chi connectivity index (χ2v) is 7.01. The van der Waals surface area contributed by atoms with Crippen molar-refractivity contribution in [3.8, 4) is 0 Å². The lowest BCUT2D eigenvalue weighted by Crippen LogP contribution is -2.32. The first-order valence-electron chi connectivity index (χ1n) is 8.87. The minimum Gasteiger partial charge on any atom is -0.481 e. The second kappa shape index (κ2) is 8.65. The number of hydrogen-bond donors (Lipinski definition) is 2. The summed E-state index contributed by atoms with van der Waals surface area (Å²) in [4.78, 5) is 23.9. The summed E-state index contributed by atoms with van der Waals surface area (Å²) in [6, 6.07) is 8.94. The number of aliphatic carboxylic acids is 1. The van der Waals surface area contributed by atoms with Crippen LogP contribution in [0.25, 0.3) is 0 Å². The molecule has 1 atom stereocenters. The molecule has 0 radical (unpaired) electrons. The van der Waals surface area contributed by atoms with E-state index in [1.807, 2.05) is 24.6 Å². The molecule has 0 saturated heterocycles.